The van der Waals surface area contributed by atoms with Crippen molar-refractivity contribution in [1.82, 2.24) is 9.62 Å². The van der Waals surface area contributed by atoms with Gasteiger partial charge in [0.15, 0.2) is 0 Å². The van der Waals surface area contributed by atoms with Crippen molar-refractivity contribution in [2.75, 3.05) is 19.3 Å². The first kappa shape index (κ1) is 20.4. The first-order chi connectivity index (χ1) is 13.7. The number of carbonyl (C=O) groups is 1. The Morgan fingerprint density at radius 3 is 2.66 bits per heavy atom. The summed E-state index contributed by atoms with van der Waals surface area (Å²) >= 11 is 6.45. The van der Waals surface area contributed by atoms with E-state index in [1.807, 2.05) is 24.3 Å². The first-order valence-corrected chi connectivity index (χ1v) is 12.1. The zero-order valence-electron chi connectivity index (χ0n) is 16.6. The largest absolute Gasteiger partial charge is 0.341 e. The Labute approximate surface area is 177 Å². The summed E-state index contributed by atoms with van der Waals surface area (Å²) in [6.07, 6.45) is 2.63. The van der Waals surface area contributed by atoms with Gasteiger partial charge in [-0.25, -0.2) is 13.1 Å². The van der Waals surface area contributed by atoms with Crippen LogP contribution in [0.2, 0.25) is 5.02 Å². The highest BCUT2D eigenvalue weighted by Crippen LogP contribution is 2.52. The number of aryl methyl sites for hydroxylation is 1. The molecule has 154 valence electrons. The van der Waals surface area contributed by atoms with Crippen LogP contribution in [0.25, 0.3) is 11.1 Å². The van der Waals surface area contributed by atoms with Gasteiger partial charge < -0.3 is 4.90 Å². The van der Waals surface area contributed by atoms with Gasteiger partial charge in [0.05, 0.1) is 6.26 Å². The Hall–Kier alpha value is -1.89. The normalized spacial score (nSPS) is 24.0. The second-order valence-corrected chi connectivity index (χ2v) is 10.4. The van der Waals surface area contributed by atoms with E-state index in [0.29, 0.717) is 24.5 Å². The van der Waals surface area contributed by atoms with Gasteiger partial charge in [0.25, 0.3) is 0 Å². The Balaban J connectivity index is 1.51. The molecule has 5 nitrogen and oxygen atoms in total. The van der Waals surface area contributed by atoms with E-state index in [2.05, 4.69) is 29.8 Å². The summed E-state index contributed by atoms with van der Waals surface area (Å²) < 4.78 is 25.5. The lowest BCUT2D eigenvalue weighted by Gasteiger charge is -2.17. The van der Waals surface area contributed by atoms with Gasteiger partial charge in [-0.05, 0) is 42.9 Å². The predicted molar refractivity (Wildman–Crippen MR) is 115 cm³/mol. The molecule has 1 aliphatic carbocycles. The molecule has 7 heteroatoms. The smallest absolute Gasteiger partial charge is 0.226 e. The van der Waals surface area contributed by atoms with Crippen molar-refractivity contribution in [2.45, 2.75) is 31.7 Å². The number of amides is 1. The monoisotopic (exact) mass is 432 g/mol. The van der Waals surface area contributed by atoms with E-state index in [4.69, 9.17) is 11.6 Å². The summed E-state index contributed by atoms with van der Waals surface area (Å²) in [5, 5.41) is 0.706. The minimum Gasteiger partial charge on any atom is -0.341 e. The van der Waals surface area contributed by atoms with Crippen LogP contribution in [-0.4, -0.2) is 44.6 Å². The molecule has 0 bridgehead atoms. The van der Waals surface area contributed by atoms with E-state index in [1.165, 1.54) is 0 Å². The van der Waals surface area contributed by atoms with E-state index in [1.54, 1.807) is 4.90 Å². The molecule has 4 rings (SSSR count). The molecule has 1 heterocycles. The molecular weight excluding hydrogens is 408 g/mol. The first-order valence-electron chi connectivity index (χ1n) is 9.84. The zero-order chi connectivity index (χ0) is 20.8. The number of nitrogens with one attached hydrogen (secondary N) is 1. The molecule has 0 spiro atoms. The number of benzene rings is 2. The second kappa shape index (κ2) is 7.74. The number of carbonyl (C=O) groups excluding carboxylic acids is 1. The molecule has 2 fully saturated rings. The highest BCUT2D eigenvalue weighted by atomic mass is 35.5. The maximum absolute atomic E-state index is 13.0. The van der Waals surface area contributed by atoms with Crippen molar-refractivity contribution in [1.29, 1.82) is 0 Å². The topological polar surface area (TPSA) is 66.5 Å². The number of sulfonamides is 1. The minimum atomic E-state index is -3.26. The lowest BCUT2D eigenvalue weighted by molar-refractivity contribution is -0.131. The summed E-state index contributed by atoms with van der Waals surface area (Å²) in [5.41, 5.74) is 4.40. The number of hydrogen-bond donors (Lipinski definition) is 1. The van der Waals surface area contributed by atoms with Crippen LogP contribution < -0.4 is 4.72 Å². The highest BCUT2D eigenvalue weighted by Gasteiger charge is 2.47. The average molecular weight is 433 g/mol. The third-order valence-electron chi connectivity index (χ3n) is 5.76. The minimum absolute atomic E-state index is 0.0454. The van der Waals surface area contributed by atoms with Crippen LogP contribution in [0.4, 0.5) is 0 Å². The van der Waals surface area contributed by atoms with Crippen LogP contribution >= 0.6 is 11.6 Å². The summed E-state index contributed by atoms with van der Waals surface area (Å²) in [5.74, 6) is 0.255. The van der Waals surface area contributed by atoms with Crippen molar-refractivity contribution in [3.8, 4) is 11.1 Å². The van der Waals surface area contributed by atoms with Crippen molar-refractivity contribution >= 4 is 27.5 Å². The molecule has 0 unspecified atom stereocenters. The van der Waals surface area contributed by atoms with Gasteiger partial charge in [-0.1, -0.05) is 53.6 Å². The van der Waals surface area contributed by atoms with Gasteiger partial charge in [0.2, 0.25) is 15.9 Å². The van der Waals surface area contributed by atoms with Gasteiger partial charge in [0.1, 0.15) is 0 Å². The van der Waals surface area contributed by atoms with Crippen LogP contribution in [0.3, 0.4) is 0 Å². The number of hydrogen-bond acceptors (Lipinski definition) is 3. The van der Waals surface area contributed by atoms with Crippen LogP contribution in [0, 0.1) is 12.8 Å². The molecule has 2 aliphatic rings. The van der Waals surface area contributed by atoms with Gasteiger partial charge in [0, 0.05) is 35.6 Å². The lowest BCUT2D eigenvalue weighted by atomic mass is 9.94. The van der Waals surface area contributed by atoms with Crippen LogP contribution in [-0.2, 0) is 14.8 Å². The molecule has 2 aromatic carbocycles. The molecule has 1 N–H and O–H groups in total. The van der Waals surface area contributed by atoms with Crippen LogP contribution in [0.15, 0.2) is 42.5 Å². The maximum atomic E-state index is 13.0. The standard InChI is InChI=1S/C22H25ClN2O3S/c1-14-7-8-16(18(11-14)17-5-3-4-6-21(17)23)19-12-20(19)22(26)25-10-9-15(13-25)24-29(2,27)28/h3-8,11,15,19-20,24H,9-10,12-13H2,1-2H3/t15-,19-,20+/m0/s1. The summed E-state index contributed by atoms with van der Waals surface area (Å²) in [6.45, 7) is 3.10. The zero-order valence-corrected chi connectivity index (χ0v) is 18.1. The molecule has 0 aromatic heterocycles. The fourth-order valence-corrected chi connectivity index (χ4v) is 5.35. The lowest BCUT2D eigenvalue weighted by Crippen LogP contribution is -2.38. The maximum Gasteiger partial charge on any atom is 0.226 e. The fraction of sp³-hybridized carbons (Fsp3) is 0.409. The Morgan fingerprint density at radius 1 is 1.17 bits per heavy atom. The van der Waals surface area contributed by atoms with Crippen molar-refractivity contribution in [2.24, 2.45) is 5.92 Å². The van der Waals surface area contributed by atoms with E-state index in [9.17, 15) is 13.2 Å². The third kappa shape index (κ3) is 4.49. The third-order valence-corrected chi connectivity index (χ3v) is 6.85. The Kier molecular flexibility index (Phi) is 5.44. The van der Waals surface area contributed by atoms with Crippen molar-refractivity contribution in [3.63, 3.8) is 0 Å². The molecule has 0 radical (unpaired) electrons. The fourth-order valence-electron chi connectivity index (χ4n) is 4.31. The molecule has 2 aromatic rings. The molecule has 1 aliphatic heterocycles. The van der Waals surface area contributed by atoms with Crippen LogP contribution in [0.1, 0.15) is 29.9 Å². The van der Waals surface area contributed by atoms with E-state index < -0.39 is 10.0 Å². The molecular formula is C22H25ClN2O3S. The number of likely N-dealkylation sites (tertiary alicyclic amines) is 1. The summed E-state index contributed by atoms with van der Waals surface area (Å²) in [7, 11) is -3.26. The van der Waals surface area contributed by atoms with Gasteiger partial charge in [-0.15, -0.1) is 0 Å². The van der Waals surface area contributed by atoms with Crippen molar-refractivity contribution in [3.05, 3.63) is 58.6 Å². The quantitative estimate of drug-likeness (QED) is 0.785. The van der Waals surface area contributed by atoms with Crippen molar-refractivity contribution < 1.29 is 13.2 Å². The summed E-state index contributed by atoms with van der Waals surface area (Å²) in [4.78, 5) is 14.8. The number of rotatable bonds is 5. The van der Waals surface area contributed by atoms with Gasteiger partial charge in [-0.2, -0.15) is 0 Å². The number of nitrogens with zero attached hydrogens (tertiary/aromatic N) is 1. The molecule has 1 amide bonds. The summed E-state index contributed by atoms with van der Waals surface area (Å²) in [6, 6.07) is 13.9. The second-order valence-electron chi connectivity index (χ2n) is 8.18. The van der Waals surface area contributed by atoms with Gasteiger partial charge >= 0.3 is 0 Å². The van der Waals surface area contributed by atoms with E-state index in [0.717, 1.165) is 34.9 Å². The SMILES string of the molecule is Cc1ccc([C@@H]2C[C@H]2C(=O)N2CC[C@H](NS(C)(=O)=O)C2)c(-c2ccccc2Cl)c1. The molecule has 3 atom stereocenters. The number of halogens is 1. The molecule has 1 saturated heterocycles. The Bertz CT molecular complexity index is 1050. The highest BCUT2D eigenvalue weighted by molar-refractivity contribution is 7.88. The average Bonchev–Trinajstić information content (AvgIpc) is 3.31. The predicted octanol–water partition coefficient (Wildman–Crippen LogP) is 3.57. The van der Waals surface area contributed by atoms with Gasteiger partial charge in [-0.3, -0.25) is 4.79 Å². The van der Waals surface area contributed by atoms with E-state index >= 15 is 0 Å². The molecule has 29 heavy (non-hydrogen) atoms. The Morgan fingerprint density at radius 2 is 1.93 bits per heavy atom. The van der Waals surface area contributed by atoms with Crippen LogP contribution in [0.5, 0.6) is 0 Å². The van der Waals surface area contributed by atoms with E-state index in [-0.39, 0.29) is 23.8 Å². The molecule has 1 saturated carbocycles.